The predicted octanol–water partition coefficient (Wildman–Crippen LogP) is 5.48. The van der Waals surface area contributed by atoms with Gasteiger partial charge >= 0.3 is 5.97 Å². The van der Waals surface area contributed by atoms with Crippen molar-refractivity contribution in [3.05, 3.63) is 71.8 Å². The molecule has 27 heavy (non-hydrogen) atoms. The third kappa shape index (κ3) is 2.69. The molecule has 2 aliphatic rings. The number of fused-ring (bicyclic) bond motifs is 2. The number of hydrogen-bond donors (Lipinski definition) is 0. The maximum absolute atomic E-state index is 13.0. The predicted molar refractivity (Wildman–Crippen MR) is 107 cm³/mol. The van der Waals surface area contributed by atoms with Crippen molar-refractivity contribution < 1.29 is 9.53 Å². The Morgan fingerprint density at radius 3 is 2.19 bits per heavy atom. The lowest BCUT2D eigenvalue weighted by atomic mass is 9.64. The molecule has 0 aromatic heterocycles. The van der Waals surface area contributed by atoms with Gasteiger partial charge in [-0.2, -0.15) is 0 Å². The van der Waals surface area contributed by atoms with Gasteiger partial charge in [-0.15, -0.1) is 0 Å². The number of esters is 1. The van der Waals surface area contributed by atoms with Gasteiger partial charge < -0.3 is 4.74 Å². The molecule has 2 saturated carbocycles. The number of hydrogen-bond acceptors (Lipinski definition) is 2. The topological polar surface area (TPSA) is 26.3 Å². The van der Waals surface area contributed by atoms with Crippen LogP contribution >= 0.6 is 0 Å². The molecular weight excluding hydrogens is 332 g/mol. The zero-order valence-electron chi connectivity index (χ0n) is 16.3. The van der Waals surface area contributed by atoms with E-state index in [4.69, 9.17) is 4.74 Å². The van der Waals surface area contributed by atoms with Crippen molar-refractivity contribution in [2.75, 3.05) is 0 Å². The molecule has 0 aliphatic heterocycles. The molecule has 2 aromatic rings. The molecule has 0 radical (unpaired) electrons. The highest BCUT2D eigenvalue weighted by molar-refractivity contribution is 5.90. The molecular formula is C25H26O2. The van der Waals surface area contributed by atoms with Crippen molar-refractivity contribution in [2.24, 2.45) is 16.7 Å². The van der Waals surface area contributed by atoms with Crippen molar-refractivity contribution in [3.8, 4) is 11.8 Å². The molecule has 0 amide bonds. The van der Waals surface area contributed by atoms with Crippen LogP contribution in [0.5, 0.6) is 0 Å². The zero-order chi connectivity index (χ0) is 19.1. The first-order valence-electron chi connectivity index (χ1n) is 9.75. The van der Waals surface area contributed by atoms with E-state index < -0.39 is 5.60 Å². The van der Waals surface area contributed by atoms with E-state index in [2.05, 4.69) is 32.6 Å². The van der Waals surface area contributed by atoms with Gasteiger partial charge in [0.25, 0.3) is 0 Å². The normalized spacial score (nSPS) is 30.4. The van der Waals surface area contributed by atoms with Gasteiger partial charge in [0.2, 0.25) is 0 Å². The fourth-order valence-corrected chi connectivity index (χ4v) is 5.10. The highest BCUT2D eigenvalue weighted by Gasteiger charge is 2.70. The lowest BCUT2D eigenvalue weighted by molar-refractivity contribution is -0.0657. The van der Waals surface area contributed by atoms with Crippen LogP contribution < -0.4 is 0 Å². The summed E-state index contributed by atoms with van der Waals surface area (Å²) in [5.41, 5.74) is 0.730. The summed E-state index contributed by atoms with van der Waals surface area (Å²) in [5, 5.41) is 0. The first-order chi connectivity index (χ1) is 12.9. The van der Waals surface area contributed by atoms with E-state index in [-0.39, 0.29) is 16.8 Å². The van der Waals surface area contributed by atoms with Crippen LogP contribution in [0.15, 0.2) is 60.7 Å². The highest BCUT2D eigenvalue weighted by Crippen LogP contribution is 2.70. The number of benzene rings is 2. The van der Waals surface area contributed by atoms with Crippen LogP contribution in [0.4, 0.5) is 0 Å². The summed E-state index contributed by atoms with van der Waals surface area (Å²) in [6, 6.07) is 19.2. The monoisotopic (exact) mass is 358 g/mol. The van der Waals surface area contributed by atoms with Gasteiger partial charge in [-0.05, 0) is 54.4 Å². The Morgan fingerprint density at radius 1 is 1.00 bits per heavy atom. The molecule has 3 atom stereocenters. The van der Waals surface area contributed by atoms with Crippen molar-refractivity contribution in [2.45, 2.75) is 45.6 Å². The maximum Gasteiger partial charge on any atom is 0.339 e. The van der Waals surface area contributed by atoms with Crippen LogP contribution in [0.3, 0.4) is 0 Å². The Labute approximate surface area is 161 Å². The van der Waals surface area contributed by atoms with Crippen LogP contribution in [-0.2, 0) is 4.74 Å². The first-order valence-corrected chi connectivity index (χ1v) is 9.75. The Balaban J connectivity index is 1.76. The van der Waals surface area contributed by atoms with Gasteiger partial charge in [0, 0.05) is 17.4 Å². The van der Waals surface area contributed by atoms with E-state index in [9.17, 15) is 4.79 Å². The van der Waals surface area contributed by atoms with Gasteiger partial charge in [0.15, 0.2) is 5.60 Å². The molecule has 2 heteroatoms. The van der Waals surface area contributed by atoms with Crippen molar-refractivity contribution in [1.82, 2.24) is 0 Å². The van der Waals surface area contributed by atoms with E-state index in [1.165, 1.54) is 6.42 Å². The molecule has 4 rings (SSSR count). The van der Waals surface area contributed by atoms with E-state index >= 15 is 0 Å². The minimum Gasteiger partial charge on any atom is -0.442 e. The van der Waals surface area contributed by atoms with Gasteiger partial charge in [-0.3, -0.25) is 0 Å². The summed E-state index contributed by atoms with van der Waals surface area (Å²) >= 11 is 0. The van der Waals surface area contributed by atoms with Crippen LogP contribution in [0.25, 0.3) is 0 Å². The molecule has 2 aromatic carbocycles. The molecule has 0 heterocycles. The zero-order valence-corrected chi connectivity index (χ0v) is 16.3. The summed E-state index contributed by atoms with van der Waals surface area (Å²) in [5.74, 6) is 7.00. The van der Waals surface area contributed by atoms with Gasteiger partial charge in [-0.25, -0.2) is 4.79 Å². The van der Waals surface area contributed by atoms with Gasteiger partial charge in [0.05, 0.1) is 5.56 Å². The minimum absolute atomic E-state index is 0.0926. The number of rotatable bonds is 2. The second kappa shape index (κ2) is 6.27. The Bertz CT molecular complexity index is 904. The minimum atomic E-state index is -0.748. The largest absolute Gasteiger partial charge is 0.442 e. The first kappa shape index (κ1) is 17.9. The van der Waals surface area contributed by atoms with E-state index in [1.807, 2.05) is 48.5 Å². The molecule has 0 unspecified atom stereocenters. The quantitative estimate of drug-likeness (QED) is 0.525. The highest BCUT2D eigenvalue weighted by atomic mass is 16.6. The van der Waals surface area contributed by atoms with Gasteiger partial charge in [-0.1, -0.05) is 63.1 Å². The molecule has 2 aliphatic carbocycles. The maximum atomic E-state index is 13.0. The van der Waals surface area contributed by atoms with Crippen LogP contribution in [0, 0.1) is 28.6 Å². The van der Waals surface area contributed by atoms with E-state index in [0.717, 1.165) is 18.4 Å². The Morgan fingerprint density at radius 2 is 1.63 bits per heavy atom. The summed E-state index contributed by atoms with van der Waals surface area (Å²) in [7, 11) is 0. The SMILES string of the molecule is CC1(C)[C@H]2CC[C@]1(C)[C@@](C#Cc1ccccc1)(OC(=O)c1ccccc1)C2. The molecule has 0 saturated heterocycles. The molecule has 0 spiro atoms. The van der Waals surface area contributed by atoms with Crippen LogP contribution in [0.1, 0.15) is 56.0 Å². The Kier molecular flexibility index (Phi) is 4.15. The smallest absolute Gasteiger partial charge is 0.339 e. The summed E-state index contributed by atoms with van der Waals surface area (Å²) in [6.45, 7) is 6.89. The molecule has 2 fully saturated rings. The molecule has 2 nitrogen and oxygen atoms in total. The fraction of sp³-hybridized carbons (Fsp3) is 0.400. The standard InChI is InChI=1S/C25H26O2/c1-23(2)21-15-16-24(23,3)25(18-21,17-14-19-10-6-4-7-11-19)27-22(26)20-12-8-5-9-13-20/h4-13,21H,15-16,18H2,1-3H3/t21-,24-,25-/m0/s1. The third-order valence-electron chi connectivity index (χ3n) is 7.32. The van der Waals surface area contributed by atoms with Crippen molar-refractivity contribution >= 4 is 5.97 Å². The average Bonchev–Trinajstić information content (AvgIpc) is 3.00. The van der Waals surface area contributed by atoms with Gasteiger partial charge in [0.1, 0.15) is 0 Å². The number of carbonyl (C=O) groups is 1. The van der Waals surface area contributed by atoms with E-state index in [0.29, 0.717) is 11.5 Å². The lowest BCUT2D eigenvalue weighted by Crippen LogP contribution is -2.49. The molecule has 138 valence electrons. The second-order valence-corrected chi connectivity index (χ2v) is 8.69. The fourth-order valence-electron chi connectivity index (χ4n) is 5.10. The van der Waals surface area contributed by atoms with Crippen molar-refractivity contribution in [1.29, 1.82) is 0 Å². The van der Waals surface area contributed by atoms with Crippen LogP contribution in [0.2, 0.25) is 0 Å². The summed E-state index contributed by atoms with van der Waals surface area (Å²) < 4.78 is 6.27. The molecule has 0 N–H and O–H groups in total. The number of ether oxygens (including phenoxy) is 1. The number of carbonyl (C=O) groups excluding carboxylic acids is 1. The Hall–Kier alpha value is -2.53. The summed E-state index contributed by atoms with van der Waals surface area (Å²) in [4.78, 5) is 13.0. The second-order valence-electron chi connectivity index (χ2n) is 8.69. The van der Waals surface area contributed by atoms with Crippen molar-refractivity contribution in [3.63, 3.8) is 0 Å². The van der Waals surface area contributed by atoms with Crippen LogP contribution in [-0.4, -0.2) is 11.6 Å². The third-order valence-corrected chi connectivity index (χ3v) is 7.32. The van der Waals surface area contributed by atoms with E-state index in [1.54, 1.807) is 12.1 Å². The summed E-state index contributed by atoms with van der Waals surface area (Å²) in [6.07, 6.45) is 3.03. The lowest BCUT2D eigenvalue weighted by Gasteiger charge is -2.44. The molecule has 2 bridgehead atoms. The average molecular weight is 358 g/mol.